The summed E-state index contributed by atoms with van der Waals surface area (Å²) >= 11 is 0. The Bertz CT molecular complexity index is 934. The quantitative estimate of drug-likeness (QED) is 0.776. The van der Waals surface area contributed by atoms with Crippen molar-refractivity contribution in [2.24, 2.45) is 0 Å². The summed E-state index contributed by atoms with van der Waals surface area (Å²) in [6, 6.07) is 12.7. The highest BCUT2D eigenvalue weighted by molar-refractivity contribution is 7.89. The average Bonchev–Trinajstić information content (AvgIpc) is 2.70. The van der Waals surface area contributed by atoms with E-state index >= 15 is 0 Å². The van der Waals surface area contributed by atoms with Crippen molar-refractivity contribution in [1.29, 1.82) is 0 Å². The summed E-state index contributed by atoms with van der Waals surface area (Å²) < 4.78 is 27.3. The van der Waals surface area contributed by atoms with Crippen LogP contribution < -0.4 is 10.6 Å². The predicted octanol–water partition coefficient (Wildman–Crippen LogP) is 3.53. The van der Waals surface area contributed by atoms with Crippen LogP contribution in [0.5, 0.6) is 0 Å². The van der Waals surface area contributed by atoms with Crippen LogP contribution in [0.25, 0.3) is 0 Å². The molecule has 2 N–H and O–H groups in total. The van der Waals surface area contributed by atoms with Gasteiger partial charge >= 0.3 is 0 Å². The lowest BCUT2D eigenvalue weighted by Gasteiger charge is -2.26. The molecule has 1 aliphatic heterocycles. The summed E-state index contributed by atoms with van der Waals surface area (Å²) in [5.74, 6) is -0.226. The average molecular weight is 402 g/mol. The molecular weight excluding hydrogens is 374 g/mol. The zero-order valence-electron chi connectivity index (χ0n) is 16.4. The number of carbonyl (C=O) groups excluding carboxylic acids is 1. The summed E-state index contributed by atoms with van der Waals surface area (Å²) in [5, 5.41) is 5.89. The first-order valence-electron chi connectivity index (χ1n) is 9.57. The van der Waals surface area contributed by atoms with E-state index < -0.39 is 10.0 Å². The maximum absolute atomic E-state index is 12.9. The molecule has 2 aromatic carbocycles. The van der Waals surface area contributed by atoms with Gasteiger partial charge in [0.1, 0.15) is 0 Å². The van der Waals surface area contributed by atoms with Gasteiger partial charge in [-0.25, -0.2) is 8.42 Å². The lowest BCUT2D eigenvalue weighted by Crippen LogP contribution is -2.35. The number of nitrogens with zero attached hydrogens (tertiary/aromatic N) is 1. The number of aryl methyl sites for hydroxylation is 2. The number of sulfonamides is 1. The topological polar surface area (TPSA) is 78.5 Å². The van der Waals surface area contributed by atoms with Gasteiger partial charge in [0.15, 0.2) is 0 Å². The molecule has 2 aromatic rings. The number of hydrogen-bond donors (Lipinski definition) is 2. The van der Waals surface area contributed by atoms with Gasteiger partial charge in [0.05, 0.1) is 11.4 Å². The number of nitrogens with one attached hydrogen (secondary N) is 2. The van der Waals surface area contributed by atoms with Crippen molar-refractivity contribution in [1.82, 2.24) is 4.31 Å². The standard InChI is InChI=1S/C21H27N3O3S/c1-16-6-9-18(10-7-16)22-15-21(25)23-20-14-19(11-8-17(20)2)28(26,27)24-12-4-3-5-13-24/h6-11,14,22H,3-5,12-13,15H2,1-2H3,(H,23,25). The minimum Gasteiger partial charge on any atom is -0.376 e. The number of benzene rings is 2. The Labute approximate surface area is 167 Å². The summed E-state index contributed by atoms with van der Waals surface area (Å²) in [4.78, 5) is 12.6. The predicted molar refractivity (Wildman–Crippen MR) is 112 cm³/mol. The molecule has 0 atom stereocenters. The Kier molecular flexibility index (Phi) is 6.36. The smallest absolute Gasteiger partial charge is 0.243 e. The van der Waals surface area contributed by atoms with Gasteiger partial charge in [0.25, 0.3) is 0 Å². The first-order chi connectivity index (χ1) is 13.4. The number of carbonyl (C=O) groups is 1. The van der Waals surface area contributed by atoms with E-state index in [0.29, 0.717) is 18.8 Å². The third-order valence-corrected chi connectivity index (χ3v) is 6.84. The molecule has 0 bridgehead atoms. The molecule has 0 aliphatic carbocycles. The van der Waals surface area contributed by atoms with Gasteiger partial charge in [-0.2, -0.15) is 4.31 Å². The van der Waals surface area contributed by atoms with Crippen LogP contribution in [0, 0.1) is 13.8 Å². The van der Waals surface area contributed by atoms with Gasteiger partial charge < -0.3 is 10.6 Å². The largest absolute Gasteiger partial charge is 0.376 e. The molecule has 0 aromatic heterocycles. The van der Waals surface area contributed by atoms with Crippen LogP contribution in [-0.2, 0) is 14.8 Å². The highest BCUT2D eigenvalue weighted by atomic mass is 32.2. The van der Waals surface area contributed by atoms with Crippen LogP contribution >= 0.6 is 0 Å². The molecule has 28 heavy (non-hydrogen) atoms. The summed E-state index contributed by atoms with van der Waals surface area (Å²) in [6.07, 6.45) is 2.84. The minimum absolute atomic E-state index is 0.103. The molecule has 1 aliphatic rings. The zero-order valence-corrected chi connectivity index (χ0v) is 17.2. The van der Waals surface area contributed by atoms with Gasteiger partial charge in [0.2, 0.25) is 15.9 Å². The van der Waals surface area contributed by atoms with E-state index in [4.69, 9.17) is 0 Å². The van der Waals surface area contributed by atoms with Crippen molar-refractivity contribution in [3.8, 4) is 0 Å². The van der Waals surface area contributed by atoms with Gasteiger partial charge in [0, 0.05) is 24.5 Å². The highest BCUT2D eigenvalue weighted by Gasteiger charge is 2.26. The lowest BCUT2D eigenvalue weighted by molar-refractivity contribution is -0.114. The molecule has 7 heteroatoms. The van der Waals surface area contributed by atoms with Crippen molar-refractivity contribution in [2.45, 2.75) is 38.0 Å². The van der Waals surface area contributed by atoms with Crippen LogP contribution in [0.4, 0.5) is 11.4 Å². The van der Waals surface area contributed by atoms with Crippen molar-refractivity contribution in [3.63, 3.8) is 0 Å². The summed E-state index contributed by atoms with van der Waals surface area (Å²) in [6.45, 7) is 5.06. The lowest BCUT2D eigenvalue weighted by atomic mass is 10.2. The second-order valence-electron chi connectivity index (χ2n) is 7.21. The first-order valence-corrected chi connectivity index (χ1v) is 11.0. The Morgan fingerprint density at radius 3 is 2.36 bits per heavy atom. The molecule has 1 amide bonds. The summed E-state index contributed by atoms with van der Waals surface area (Å²) in [5.41, 5.74) is 3.35. The zero-order chi connectivity index (χ0) is 20.1. The van der Waals surface area contributed by atoms with Crippen molar-refractivity contribution in [2.75, 3.05) is 30.3 Å². The Hall–Kier alpha value is -2.38. The number of hydrogen-bond acceptors (Lipinski definition) is 4. The van der Waals surface area contributed by atoms with E-state index in [1.807, 2.05) is 38.1 Å². The second kappa shape index (κ2) is 8.75. The van der Waals surface area contributed by atoms with Crippen molar-refractivity contribution >= 4 is 27.3 Å². The Morgan fingerprint density at radius 1 is 1.00 bits per heavy atom. The molecule has 0 saturated carbocycles. The van der Waals surface area contributed by atoms with E-state index in [1.54, 1.807) is 18.2 Å². The monoisotopic (exact) mass is 401 g/mol. The normalized spacial score (nSPS) is 15.2. The fourth-order valence-electron chi connectivity index (χ4n) is 3.20. The van der Waals surface area contributed by atoms with E-state index in [0.717, 1.165) is 36.1 Å². The maximum atomic E-state index is 12.9. The van der Waals surface area contributed by atoms with Gasteiger partial charge in [-0.1, -0.05) is 30.2 Å². The van der Waals surface area contributed by atoms with Gasteiger partial charge in [-0.05, 0) is 56.5 Å². The van der Waals surface area contributed by atoms with E-state index in [2.05, 4.69) is 10.6 Å². The number of amides is 1. The van der Waals surface area contributed by atoms with E-state index in [1.165, 1.54) is 4.31 Å². The van der Waals surface area contributed by atoms with Crippen LogP contribution in [0.2, 0.25) is 0 Å². The molecule has 150 valence electrons. The van der Waals surface area contributed by atoms with Crippen LogP contribution in [0.3, 0.4) is 0 Å². The molecule has 0 spiro atoms. The van der Waals surface area contributed by atoms with Crippen LogP contribution in [0.15, 0.2) is 47.4 Å². The van der Waals surface area contributed by atoms with Gasteiger partial charge in [-0.3, -0.25) is 4.79 Å². The fourth-order valence-corrected chi connectivity index (χ4v) is 4.74. The molecular formula is C21H27N3O3S. The third-order valence-electron chi connectivity index (χ3n) is 4.94. The van der Waals surface area contributed by atoms with E-state index in [-0.39, 0.29) is 17.3 Å². The van der Waals surface area contributed by atoms with E-state index in [9.17, 15) is 13.2 Å². The Morgan fingerprint density at radius 2 is 1.68 bits per heavy atom. The molecule has 6 nitrogen and oxygen atoms in total. The minimum atomic E-state index is -3.53. The number of rotatable bonds is 6. The molecule has 1 heterocycles. The number of anilines is 2. The molecule has 1 saturated heterocycles. The molecule has 3 rings (SSSR count). The van der Waals surface area contributed by atoms with Gasteiger partial charge in [-0.15, -0.1) is 0 Å². The molecule has 1 fully saturated rings. The second-order valence-corrected chi connectivity index (χ2v) is 9.15. The summed E-state index contributed by atoms with van der Waals surface area (Å²) in [7, 11) is -3.53. The maximum Gasteiger partial charge on any atom is 0.243 e. The SMILES string of the molecule is Cc1ccc(NCC(=O)Nc2cc(S(=O)(=O)N3CCCCC3)ccc2C)cc1. The highest BCUT2D eigenvalue weighted by Crippen LogP contribution is 2.25. The first kappa shape index (κ1) is 20.4. The fraction of sp³-hybridized carbons (Fsp3) is 0.381. The third kappa shape index (κ3) is 4.91. The van der Waals surface area contributed by atoms with Crippen molar-refractivity contribution < 1.29 is 13.2 Å². The van der Waals surface area contributed by atoms with Crippen LogP contribution in [-0.4, -0.2) is 38.3 Å². The Balaban J connectivity index is 1.68. The number of piperidine rings is 1. The van der Waals surface area contributed by atoms with Crippen molar-refractivity contribution in [3.05, 3.63) is 53.6 Å². The molecule has 0 unspecified atom stereocenters. The van der Waals surface area contributed by atoms with Crippen LogP contribution in [0.1, 0.15) is 30.4 Å². The molecule has 0 radical (unpaired) electrons.